The Hall–Kier alpha value is -2.44. The predicted molar refractivity (Wildman–Crippen MR) is 100 cm³/mol. The molecular weight excluding hydrogens is 375 g/mol. The van der Waals surface area contributed by atoms with Crippen LogP contribution in [0.3, 0.4) is 0 Å². The van der Waals surface area contributed by atoms with Crippen LogP contribution >= 0.6 is 22.9 Å². The molecule has 0 saturated heterocycles. The zero-order valence-electron chi connectivity index (χ0n) is 13.8. The van der Waals surface area contributed by atoms with Crippen molar-refractivity contribution in [1.29, 1.82) is 0 Å². The van der Waals surface area contributed by atoms with Crippen molar-refractivity contribution in [3.8, 4) is 17.0 Å². The Bertz CT molecular complexity index is 985. The molecule has 2 aromatic carbocycles. The first-order chi connectivity index (χ1) is 12.5. The molecule has 0 bridgehead atoms. The lowest BCUT2D eigenvalue weighted by molar-refractivity contribution is -0.121. The molecule has 0 saturated carbocycles. The summed E-state index contributed by atoms with van der Waals surface area (Å²) in [6.07, 6.45) is 0. The topological polar surface area (TPSA) is 42.4 Å². The molecule has 26 heavy (non-hydrogen) atoms. The number of hydrogen-bond acceptors (Lipinski definition) is 4. The first-order valence-corrected chi connectivity index (χ1v) is 9.21. The largest absolute Gasteiger partial charge is 0.482 e. The van der Waals surface area contributed by atoms with Gasteiger partial charge in [-0.15, -0.1) is 11.3 Å². The summed E-state index contributed by atoms with van der Waals surface area (Å²) in [5, 5.41) is 3.21. The molecule has 1 aliphatic heterocycles. The van der Waals surface area contributed by atoms with E-state index in [2.05, 4.69) is 4.98 Å². The van der Waals surface area contributed by atoms with Gasteiger partial charge in [-0.3, -0.25) is 4.79 Å². The number of thiazole rings is 1. The number of amides is 1. The molecule has 1 amide bonds. The highest BCUT2D eigenvalue weighted by molar-refractivity contribution is 7.09. The van der Waals surface area contributed by atoms with Crippen molar-refractivity contribution in [2.45, 2.75) is 13.5 Å². The van der Waals surface area contributed by atoms with Crippen LogP contribution < -0.4 is 9.64 Å². The summed E-state index contributed by atoms with van der Waals surface area (Å²) < 4.78 is 19.7. The molecule has 0 spiro atoms. The minimum atomic E-state index is -0.440. The van der Waals surface area contributed by atoms with Gasteiger partial charge in [-0.1, -0.05) is 17.7 Å². The Balaban J connectivity index is 1.76. The summed E-state index contributed by atoms with van der Waals surface area (Å²) >= 11 is 7.69. The Morgan fingerprint density at radius 3 is 2.92 bits per heavy atom. The molecule has 0 aliphatic carbocycles. The SMILES string of the molecule is Cc1nc(-c2ccc3c(c2)N(Cc2c(F)cccc2Cl)C(=O)CO3)cs1. The van der Waals surface area contributed by atoms with Crippen molar-refractivity contribution < 1.29 is 13.9 Å². The molecule has 0 N–H and O–H groups in total. The van der Waals surface area contributed by atoms with Crippen molar-refractivity contribution in [2.24, 2.45) is 0 Å². The molecule has 1 aliphatic rings. The van der Waals surface area contributed by atoms with E-state index in [9.17, 15) is 9.18 Å². The molecule has 0 unspecified atom stereocenters. The van der Waals surface area contributed by atoms with Crippen molar-refractivity contribution in [1.82, 2.24) is 4.98 Å². The van der Waals surface area contributed by atoms with Gasteiger partial charge in [0.05, 0.1) is 22.9 Å². The minimum absolute atomic E-state index is 0.0419. The molecule has 0 atom stereocenters. The Labute approximate surface area is 158 Å². The van der Waals surface area contributed by atoms with E-state index >= 15 is 0 Å². The molecule has 4 rings (SSSR count). The number of rotatable bonds is 3. The van der Waals surface area contributed by atoms with Gasteiger partial charge in [0, 0.05) is 21.5 Å². The van der Waals surface area contributed by atoms with Crippen LogP contribution in [0.2, 0.25) is 5.02 Å². The molecule has 0 radical (unpaired) electrons. The van der Waals surface area contributed by atoms with E-state index in [1.807, 2.05) is 30.5 Å². The Morgan fingerprint density at radius 2 is 2.19 bits per heavy atom. The van der Waals surface area contributed by atoms with Gasteiger partial charge in [-0.2, -0.15) is 0 Å². The number of nitrogens with zero attached hydrogens (tertiary/aromatic N) is 2. The monoisotopic (exact) mass is 388 g/mol. The van der Waals surface area contributed by atoms with E-state index in [0.717, 1.165) is 16.3 Å². The average molecular weight is 389 g/mol. The van der Waals surface area contributed by atoms with Crippen LogP contribution in [0.1, 0.15) is 10.6 Å². The fraction of sp³-hybridized carbons (Fsp3) is 0.158. The summed E-state index contributed by atoms with van der Waals surface area (Å²) in [5.41, 5.74) is 2.57. The van der Waals surface area contributed by atoms with Crippen LogP contribution in [0.4, 0.5) is 10.1 Å². The van der Waals surface area contributed by atoms with Gasteiger partial charge < -0.3 is 9.64 Å². The zero-order valence-corrected chi connectivity index (χ0v) is 15.4. The van der Waals surface area contributed by atoms with Crippen molar-refractivity contribution in [3.05, 3.63) is 63.2 Å². The third-order valence-electron chi connectivity index (χ3n) is 4.19. The highest BCUT2D eigenvalue weighted by Crippen LogP contribution is 2.37. The number of carbonyl (C=O) groups excluding carboxylic acids is 1. The van der Waals surface area contributed by atoms with E-state index in [-0.39, 0.29) is 29.6 Å². The van der Waals surface area contributed by atoms with E-state index in [0.29, 0.717) is 11.4 Å². The number of benzene rings is 2. The number of ether oxygens (including phenoxy) is 1. The zero-order chi connectivity index (χ0) is 18.3. The van der Waals surface area contributed by atoms with Crippen LogP contribution in [0.15, 0.2) is 41.8 Å². The number of aromatic nitrogens is 1. The Kier molecular flexibility index (Phi) is 4.38. The number of carbonyl (C=O) groups is 1. The lowest BCUT2D eigenvalue weighted by atomic mass is 10.1. The normalized spacial score (nSPS) is 13.5. The van der Waals surface area contributed by atoms with Crippen molar-refractivity contribution in [3.63, 3.8) is 0 Å². The van der Waals surface area contributed by atoms with Crippen LogP contribution in [0.5, 0.6) is 5.75 Å². The average Bonchev–Trinajstić information content (AvgIpc) is 3.06. The minimum Gasteiger partial charge on any atom is -0.482 e. The second-order valence-electron chi connectivity index (χ2n) is 5.90. The van der Waals surface area contributed by atoms with E-state index < -0.39 is 5.82 Å². The quantitative estimate of drug-likeness (QED) is 0.645. The maximum atomic E-state index is 14.2. The first-order valence-electron chi connectivity index (χ1n) is 7.95. The van der Waals surface area contributed by atoms with Gasteiger partial charge in [0.1, 0.15) is 11.6 Å². The number of anilines is 1. The summed E-state index contributed by atoms with van der Waals surface area (Å²) in [7, 11) is 0. The van der Waals surface area contributed by atoms with Gasteiger partial charge in [-0.05, 0) is 37.3 Å². The predicted octanol–water partition coefficient (Wildman–Crippen LogP) is 4.84. The van der Waals surface area contributed by atoms with Gasteiger partial charge in [0.15, 0.2) is 6.61 Å². The van der Waals surface area contributed by atoms with Crippen molar-refractivity contribution >= 4 is 34.5 Å². The Morgan fingerprint density at radius 1 is 1.35 bits per heavy atom. The summed E-state index contributed by atoms with van der Waals surface area (Å²) in [5.74, 6) is -0.110. The maximum Gasteiger partial charge on any atom is 0.265 e. The summed E-state index contributed by atoms with van der Waals surface area (Å²) in [6.45, 7) is 1.89. The maximum absolute atomic E-state index is 14.2. The lowest BCUT2D eigenvalue weighted by Gasteiger charge is -2.30. The van der Waals surface area contributed by atoms with Gasteiger partial charge >= 0.3 is 0 Å². The second kappa shape index (κ2) is 6.70. The lowest BCUT2D eigenvalue weighted by Crippen LogP contribution is -2.38. The van der Waals surface area contributed by atoms with Gasteiger partial charge in [-0.25, -0.2) is 9.37 Å². The molecule has 1 aromatic heterocycles. The standard InChI is InChI=1S/C19H14ClFN2O2S/c1-11-22-16(10-26-11)12-5-6-18-17(7-12)23(19(24)9-25-18)8-13-14(20)3-2-4-15(13)21/h2-7,10H,8-9H2,1H3. The van der Waals surface area contributed by atoms with Crippen LogP contribution in [0, 0.1) is 12.7 Å². The molecular formula is C19H14ClFN2O2S. The first kappa shape index (κ1) is 17.0. The summed E-state index contributed by atoms with van der Waals surface area (Å²) in [4.78, 5) is 18.4. The van der Waals surface area contributed by atoms with Crippen molar-refractivity contribution in [2.75, 3.05) is 11.5 Å². The highest BCUT2D eigenvalue weighted by Gasteiger charge is 2.27. The van der Waals surface area contributed by atoms with Gasteiger partial charge in [0.2, 0.25) is 0 Å². The third-order valence-corrected chi connectivity index (χ3v) is 5.32. The van der Waals surface area contributed by atoms with Crippen LogP contribution in [-0.2, 0) is 11.3 Å². The fourth-order valence-corrected chi connectivity index (χ4v) is 3.72. The van der Waals surface area contributed by atoms with E-state index in [4.69, 9.17) is 16.3 Å². The fourth-order valence-electron chi connectivity index (χ4n) is 2.87. The molecule has 3 aromatic rings. The number of hydrogen-bond donors (Lipinski definition) is 0. The smallest absolute Gasteiger partial charge is 0.265 e. The molecule has 0 fully saturated rings. The number of fused-ring (bicyclic) bond motifs is 1. The number of halogens is 2. The molecule has 4 nitrogen and oxygen atoms in total. The third kappa shape index (κ3) is 3.06. The van der Waals surface area contributed by atoms with E-state index in [1.54, 1.807) is 23.5 Å². The number of aryl methyl sites for hydroxylation is 1. The highest BCUT2D eigenvalue weighted by atomic mass is 35.5. The van der Waals surface area contributed by atoms with Gasteiger partial charge in [0.25, 0.3) is 5.91 Å². The molecule has 7 heteroatoms. The summed E-state index contributed by atoms with van der Waals surface area (Å²) in [6, 6.07) is 10.0. The molecule has 132 valence electrons. The molecule has 2 heterocycles. The second-order valence-corrected chi connectivity index (χ2v) is 7.37. The van der Waals surface area contributed by atoms with E-state index in [1.165, 1.54) is 11.0 Å². The van der Waals surface area contributed by atoms with Crippen LogP contribution in [0.25, 0.3) is 11.3 Å². The van der Waals surface area contributed by atoms with Crippen LogP contribution in [-0.4, -0.2) is 17.5 Å².